The van der Waals surface area contributed by atoms with Gasteiger partial charge >= 0.3 is 0 Å². The quantitative estimate of drug-likeness (QED) is 0.770. The third kappa shape index (κ3) is 4.57. The van der Waals surface area contributed by atoms with E-state index >= 15 is 0 Å². The van der Waals surface area contributed by atoms with Crippen molar-refractivity contribution in [2.24, 2.45) is 0 Å². The molecule has 0 aliphatic carbocycles. The molecule has 0 amide bonds. The van der Waals surface area contributed by atoms with Crippen LogP contribution >= 0.6 is 0 Å². The van der Waals surface area contributed by atoms with E-state index in [9.17, 15) is 16.8 Å². The van der Waals surface area contributed by atoms with Crippen molar-refractivity contribution in [3.8, 4) is 0 Å². The first-order chi connectivity index (χ1) is 8.66. The van der Waals surface area contributed by atoms with E-state index in [1.807, 2.05) is 6.92 Å². The van der Waals surface area contributed by atoms with Crippen molar-refractivity contribution in [2.45, 2.75) is 22.8 Å². The van der Waals surface area contributed by atoms with E-state index in [0.717, 1.165) is 6.26 Å². The van der Waals surface area contributed by atoms with E-state index in [-0.39, 0.29) is 22.4 Å². The van der Waals surface area contributed by atoms with Gasteiger partial charge in [-0.15, -0.1) is 0 Å². The molecule has 108 valence electrons. The molecule has 2 N–H and O–H groups in total. The molecule has 0 heterocycles. The molecule has 8 heteroatoms. The van der Waals surface area contributed by atoms with Crippen LogP contribution in [0.15, 0.2) is 34.1 Å². The Balaban J connectivity index is 2.91. The van der Waals surface area contributed by atoms with Crippen LogP contribution in [0.4, 0.5) is 0 Å². The van der Waals surface area contributed by atoms with Gasteiger partial charge in [-0.05, 0) is 38.2 Å². The number of benzene rings is 1. The number of hydrogen-bond acceptors (Lipinski definition) is 5. The molecule has 0 bridgehead atoms. The monoisotopic (exact) mass is 306 g/mol. The molecule has 1 aromatic rings. The summed E-state index contributed by atoms with van der Waals surface area (Å²) in [5.41, 5.74) is 0. The van der Waals surface area contributed by atoms with Gasteiger partial charge in [0.1, 0.15) is 0 Å². The van der Waals surface area contributed by atoms with Crippen LogP contribution in [0, 0.1) is 0 Å². The van der Waals surface area contributed by atoms with Gasteiger partial charge in [0.15, 0.2) is 9.84 Å². The average Bonchev–Trinajstić information content (AvgIpc) is 2.35. The lowest BCUT2D eigenvalue weighted by atomic mass is 10.4. The van der Waals surface area contributed by atoms with E-state index in [4.69, 9.17) is 0 Å². The fraction of sp³-hybridized carbons (Fsp3) is 0.455. The van der Waals surface area contributed by atoms with Gasteiger partial charge in [-0.3, -0.25) is 0 Å². The highest BCUT2D eigenvalue weighted by molar-refractivity contribution is 7.90. The Morgan fingerprint density at radius 3 is 1.95 bits per heavy atom. The molecule has 0 aliphatic rings. The van der Waals surface area contributed by atoms with Gasteiger partial charge in [0.2, 0.25) is 10.0 Å². The first-order valence-electron chi connectivity index (χ1n) is 5.64. The van der Waals surface area contributed by atoms with Gasteiger partial charge in [0.05, 0.1) is 9.79 Å². The summed E-state index contributed by atoms with van der Waals surface area (Å²) in [4.78, 5) is 0.137. The Bertz CT molecular complexity index is 621. The lowest BCUT2D eigenvalue weighted by Gasteiger charge is -2.12. The number of sulfonamides is 1. The summed E-state index contributed by atoms with van der Waals surface area (Å²) in [6, 6.07) is 5.13. The number of nitrogens with one attached hydrogen (secondary N) is 2. The summed E-state index contributed by atoms with van der Waals surface area (Å²) in [6.07, 6.45) is 1.07. The van der Waals surface area contributed by atoms with Crippen LogP contribution in [-0.4, -0.2) is 42.7 Å². The first kappa shape index (κ1) is 16.1. The highest BCUT2D eigenvalue weighted by Gasteiger charge is 2.16. The second-order valence-corrected chi connectivity index (χ2v) is 8.07. The lowest BCUT2D eigenvalue weighted by molar-refractivity contribution is 0.554. The predicted octanol–water partition coefficient (Wildman–Crippen LogP) is -0.0237. The Kier molecular flexibility index (Phi) is 5.08. The molecular formula is C11H18N2O4S2. The highest BCUT2D eigenvalue weighted by Crippen LogP contribution is 2.14. The van der Waals surface area contributed by atoms with Crippen molar-refractivity contribution in [1.29, 1.82) is 0 Å². The van der Waals surface area contributed by atoms with Crippen LogP contribution in [0.2, 0.25) is 0 Å². The summed E-state index contributed by atoms with van der Waals surface area (Å²) >= 11 is 0. The molecule has 1 rings (SSSR count). The van der Waals surface area contributed by atoms with Crippen molar-refractivity contribution in [3.05, 3.63) is 24.3 Å². The maximum absolute atomic E-state index is 11.9. The zero-order valence-corrected chi connectivity index (χ0v) is 12.7. The second-order valence-electron chi connectivity index (χ2n) is 4.29. The highest BCUT2D eigenvalue weighted by atomic mass is 32.2. The number of hydrogen-bond donors (Lipinski definition) is 2. The first-order valence-corrected chi connectivity index (χ1v) is 9.01. The maximum Gasteiger partial charge on any atom is 0.240 e. The molecule has 0 spiro atoms. The molecule has 0 fully saturated rings. The zero-order chi connectivity index (χ0) is 14.7. The van der Waals surface area contributed by atoms with Gasteiger partial charge in [-0.1, -0.05) is 0 Å². The molecule has 0 aromatic heterocycles. The fourth-order valence-corrected chi connectivity index (χ4v) is 3.05. The zero-order valence-electron chi connectivity index (χ0n) is 11.0. The van der Waals surface area contributed by atoms with E-state index in [0.29, 0.717) is 0 Å². The van der Waals surface area contributed by atoms with Gasteiger partial charge in [0.25, 0.3) is 0 Å². The standard InChI is InChI=1S/C11H18N2O4S2/c1-9(12-2)8-13-19(16,17)11-6-4-10(5-7-11)18(3,14)15/h4-7,9,12-13H,8H2,1-3H3. The summed E-state index contributed by atoms with van der Waals surface area (Å²) in [5.74, 6) is 0. The smallest absolute Gasteiger partial charge is 0.240 e. The minimum absolute atomic E-state index is 0.00469. The lowest BCUT2D eigenvalue weighted by Crippen LogP contribution is -2.37. The van der Waals surface area contributed by atoms with Crippen molar-refractivity contribution in [2.75, 3.05) is 19.8 Å². The topological polar surface area (TPSA) is 92.3 Å². The number of sulfone groups is 1. The summed E-state index contributed by atoms with van der Waals surface area (Å²) in [7, 11) is -5.20. The molecule has 0 saturated heterocycles. The average molecular weight is 306 g/mol. The Hall–Kier alpha value is -0.960. The van der Waals surface area contributed by atoms with Crippen LogP contribution < -0.4 is 10.0 Å². The molecule has 6 nitrogen and oxygen atoms in total. The Morgan fingerprint density at radius 2 is 1.53 bits per heavy atom. The number of likely N-dealkylation sites (N-methyl/N-ethyl adjacent to an activating group) is 1. The Labute approximate surface area is 114 Å². The van der Waals surface area contributed by atoms with E-state index in [1.165, 1.54) is 24.3 Å². The predicted molar refractivity (Wildman–Crippen MR) is 73.3 cm³/mol. The molecule has 19 heavy (non-hydrogen) atoms. The molecular weight excluding hydrogens is 288 g/mol. The van der Waals surface area contributed by atoms with Gasteiger partial charge < -0.3 is 5.32 Å². The fourth-order valence-electron chi connectivity index (χ4n) is 1.29. The van der Waals surface area contributed by atoms with Crippen LogP contribution in [0.25, 0.3) is 0 Å². The second kappa shape index (κ2) is 6.00. The molecule has 0 radical (unpaired) electrons. The number of rotatable bonds is 6. The summed E-state index contributed by atoms with van der Waals surface area (Å²) in [6.45, 7) is 2.10. The third-order valence-corrected chi connectivity index (χ3v) is 5.20. The van der Waals surface area contributed by atoms with Crippen molar-refractivity contribution in [1.82, 2.24) is 10.0 Å². The van der Waals surface area contributed by atoms with Crippen LogP contribution in [0.5, 0.6) is 0 Å². The van der Waals surface area contributed by atoms with Crippen molar-refractivity contribution < 1.29 is 16.8 Å². The van der Waals surface area contributed by atoms with Gasteiger partial charge in [0, 0.05) is 18.8 Å². The van der Waals surface area contributed by atoms with Gasteiger partial charge in [-0.25, -0.2) is 21.6 Å². The maximum atomic E-state index is 11.9. The van der Waals surface area contributed by atoms with Crippen molar-refractivity contribution >= 4 is 19.9 Å². The summed E-state index contributed by atoms with van der Waals surface area (Å²) < 4.78 is 48.8. The van der Waals surface area contributed by atoms with E-state index < -0.39 is 19.9 Å². The largest absolute Gasteiger partial charge is 0.316 e. The normalized spacial score (nSPS) is 14.3. The molecule has 1 atom stereocenters. The molecule has 1 aromatic carbocycles. The minimum atomic E-state index is -3.61. The van der Waals surface area contributed by atoms with Crippen molar-refractivity contribution in [3.63, 3.8) is 0 Å². The van der Waals surface area contributed by atoms with Crippen LogP contribution in [0.3, 0.4) is 0 Å². The minimum Gasteiger partial charge on any atom is -0.316 e. The Morgan fingerprint density at radius 1 is 1.05 bits per heavy atom. The molecule has 0 saturated carbocycles. The van der Waals surface area contributed by atoms with Crippen LogP contribution in [0.1, 0.15) is 6.92 Å². The molecule has 0 aliphatic heterocycles. The molecule has 1 unspecified atom stereocenters. The third-order valence-electron chi connectivity index (χ3n) is 2.63. The van der Waals surface area contributed by atoms with Crippen LogP contribution in [-0.2, 0) is 19.9 Å². The summed E-state index contributed by atoms with van der Waals surface area (Å²) in [5, 5.41) is 2.91. The SMILES string of the molecule is CNC(C)CNS(=O)(=O)c1ccc(S(C)(=O)=O)cc1. The van der Waals surface area contributed by atoms with E-state index in [1.54, 1.807) is 7.05 Å². The van der Waals surface area contributed by atoms with Gasteiger partial charge in [-0.2, -0.15) is 0 Å². The van der Waals surface area contributed by atoms with E-state index in [2.05, 4.69) is 10.0 Å².